The van der Waals surface area contributed by atoms with Crippen molar-refractivity contribution in [2.24, 2.45) is 13.0 Å². The van der Waals surface area contributed by atoms with Gasteiger partial charge in [0.1, 0.15) is 6.67 Å². The Morgan fingerprint density at radius 1 is 0.950 bits per heavy atom. The molecule has 40 heavy (non-hydrogen) atoms. The molecule has 0 bridgehead atoms. The van der Waals surface area contributed by atoms with Crippen molar-refractivity contribution in [3.8, 4) is 0 Å². The lowest BCUT2D eigenvalue weighted by Gasteiger charge is -2.35. The summed E-state index contributed by atoms with van der Waals surface area (Å²) in [5.41, 5.74) is 4.19. The van der Waals surface area contributed by atoms with Crippen LogP contribution in [0.25, 0.3) is 0 Å². The Kier molecular flexibility index (Phi) is 8.33. The number of fused-ring (bicyclic) bond motifs is 1. The second-order valence-electron chi connectivity index (χ2n) is 11.5. The molecule has 0 spiro atoms. The van der Waals surface area contributed by atoms with Gasteiger partial charge in [0.05, 0.1) is 18.7 Å². The molecule has 0 N–H and O–H groups in total. The summed E-state index contributed by atoms with van der Waals surface area (Å²) in [5, 5.41) is 12.8. The van der Waals surface area contributed by atoms with E-state index in [0.29, 0.717) is 17.4 Å². The Hall–Kier alpha value is -3.17. The average Bonchev–Trinajstić information content (AvgIpc) is 3.26. The van der Waals surface area contributed by atoms with E-state index >= 15 is 0 Å². The van der Waals surface area contributed by atoms with E-state index < -0.39 is 18.4 Å². The van der Waals surface area contributed by atoms with Crippen LogP contribution in [0.3, 0.4) is 0 Å². The molecule has 1 aliphatic heterocycles. The quantitative estimate of drug-likeness (QED) is 0.286. The molecule has 5 rings (SSSR count). The monoisotopic (exact) mass is 558 g/mol. The number of aryl methyl sites for hydroxylation is 3. The van der Waals surface area contributed by atoms with Gasteiger partial charge in [0.15, 0.2) is 0 Å². The van der Waals surface area contributed by atoms with Gasteiger partial charge in [0.2, 0.25) is 0 Å². The number of benzene rings is 2. The van der Waals surface area contributed by atoms with Gasteiger partial charge in [0, 0.05) is 25.3 Å². The van der Waals surface area contributed by atoms with E-state index in [4.69, 9.17) is 0 Å². The van der Waals surface area contributed by atoms with Gasteiger partial charge in [-0.3, -0.25) is 0 Å². The highest BCUT2D eigenvalue weighted by molar-refractivity contribution is 5.64. The van der Waals surface area contributed by atoms with E-state index in [1.54, 1.807) is 7.05 Å². The Morgan fingerprint density at radius 3 is 2.38 bits per heavy atom. The van der Waals surface area contributed by atoms with Gasteiger partial charge in [-0.15, -0.1) is 5.10 Å². The van der Waals surface area contributed by atoms with Crippen molar-refractivity contribution in [3.05, 3.63) is 63.7 Å². The van der Waals surface area contributed by atoms with Gasteiger partial charge in [-0.05, 0) is 85.0 Å². The normalized spacial score (nSPS) is 18.5. The van der Waals surface area contributed by atoms with Crippen LogP contribution in [0.2, 0.25) is 0 Å². The molecule has 2 aromatic carbocycles. The molecule has 0 saturated heterocycles. The van der Waals surface area contributed by atoms with E-state index in [9.17, 15) is 17.6 Å². The molecule has 0 radical (unpaired) electrons. The maximum Gasteiger partial charge on any atom is 0.416 e. The second-order valence-corrected chi connectivity index (χ2v) is 11.5. The predicted molar refractivity (Wildman–Crippen MR) is 148 cm³/mol. The van der Waals surface area contributed by atoms with E-state index in [-0.39, 0.29) is 18.2 Å². The molecule has 1 saturated carbocycles. The Labute approximate surface area is 233 Å². The predicted octanol–water partition coefficient (Wildman–Crippen LogP) is 7.24. The molecule has 1 atom stereocenters. The lowest BCUT2D eigenvalue weighted by molar-refractivity contribution is -0.137. The summed E-state index contributed by atoms with van der Waals surface area (Å²) in [6, 6.07) is 7.72. The van der Waals surface area contributed by atoms with Gasteiger partial charge in [0.25, 0.3) is 5.95 Å². The topological polar surface area (TPSA) is 50.1 Å². The summed E-state index contributed by atoms with van der Waals surface area (Å²) >= 11 is 0. The molecule has 10 heteroatoms. The summed E-state index contributed by atoms with van der Waals surface area (Å²) in [6.45, 7) is 5.28. The molecule has 2 aliphatic rings. The molecule has 1 aromatic heterocycles. The number of tetrazole rings is 1. The SMILES string of the molecule is Cc1cc(C)c2c(c1)[C@@H](N(Cc1cc(CF)cc(C(F)(F)F)c1)c1nnn(C)n1)CCCN2CC1CCCCC1. The molecule has 216 valence electrons. The molecule has 6 nitrogen and oxygen atoms in total. The molecular formula is C30H38F4N6. The van der Waals surface area contributed by atoms with Crippen molar-refractivity contribution < 1.29 is 17.6 Å². The third-order valence-electron chi connectivity index (χ3n) is 8.28. The number of aromatic nitrogens is 4. The van der Waals surface area contributed by atoms with Gasteiger partial charge in [-0.1, -0.05) is 48.1 Å². The highest BCUT2D eigenvalue weighted by Gasteiger charge is 2.34. The maximum atomic E-state index is 13.7. The molecule has 2 heterocycles. The van der Waals surface area contributed by atoms with Crippen molar-refractivity contribution >= 4 is 11.6 Å². The highest BCUT2D eigenvalue weighted by Crippen LogP contribution is 2.42. The first-order chi connectivity index (χ1) is 19.1. The first-order valence-corrected chi connectivity index (χ1v) is 14.2. The Bertz CT molecular complexity index is 1310. The van der Waals surface area contributed by atoms with Crippen molar-refractivity contribution in [1.82, 2.24) is 20.2 Å². The first kappa shape index (κ1) is 28.4. The van der Waals surface area contributed by atoms with Crippen molar-refractivity contribution in [2.45, 2.75) is 84.2 Å². The Morgan fingerprint density at radius 2 is 1.70 bits per heavy atom. The lowest BCUT2D eigenvalue weighted by Crippen LogP contribution is -2.32. The molecule has 3 aromatic rings. The number of halogens is 4. The maximum absolute atomic E-state index is 13.7. The van der Waals surface area contributed by atoms with Gasteiger partial charge >= 0.3 is 6.18 Å². The summed E-state index contributed by atoms with van der Waals surface area (Å²) < 4.78 is 54.7. The smallest absolute Gasteiger partial charge is 0.371 e. The highest BCUT2D eigenvalue weighted by atomic mass is 19.4. The summed E-state index contributed by atoms with van der Waals surface area (Å²) in [7, 11) is 1.67. The van der Waals surface area contributed by atoms with E-state index in [0.717, 1.165) is 49.2 Å². The molecular weight excluding hydrogens is 520 g/mol. The average molecular weight is 559 g/mol. The van der Waals surface area contributed by atoms with Crippen LogP contribution in [-0.2, 0) is 26.4 Å². The third kappa shape index (κ3) is 6.25. The van der Waals surface area contributed by atoms with E-state index in [2.05, 4.69) is 46.3 Å². The molecule has 0 unspecified atom stereocenters. The zero-order chi connectivity index (χ0) is 28.4. The van der Waals surface area contributed by atoms with Gasteiger partial charge < -0.3 is 9.80 Å². The van der Waals surface area contributed by atoms with E-state index in [1.807, 2.05) is 4.90 Å². The number of rotatable bonds is 7. The van der Waals surface area contributed by atoms with Crippen molar-refractivity contribution in [3.63, 3.8) is 0 Å². The van der Waals surface area contributed by atoms with Gasteiger partial charge in [-0.2, -0.15) is 18.0 Å². The summed E-state index contributed by atoms with van der Waals surface area (Å²) in [5.74, 6) is 1.01. The fraction of sp³-hybridized carbons (Fsp3) is 0.567. The molecule has 0 amide bonds. The summed E-state index contributed by atoms with van der Waals surface area (Å²) in [6.07, 6.45) is 3.51. The molecule has 1 aliphatic carbocycles. The minimum atomic E-state index is -4.57. The van der Waals surface area contributed by atoms with Crippen LogP contribution in [0, 0.1) is 19.8 Å². The number of anilines is 2. The van der Waals surface area contributed by atoms with Crippen molar-refractivity contribution in [2.75, 3.05) is 22.9 Å². The lowest BCUT2D eigenvalue weighted by atomic mass is 9.88. The van der Waals surface area contributed by atoms with Crippen LogP contribution in [0.5, 0.6) is 0 Å². The minimum absolute atomic E-state index is 0.00323. The van der Waals surface area contributed by atoms with Crippen LogP contribution in [0.15, 0.2) is 30.3 Å². The zero-order valence-corrected chi connectivity index (χ0v) is 23.5. The molecule has 1 fully saturated rings. The standard InChI is InChI=1S/C30H38F4N6/c1-20-12-21(2)28-26(13-20)27(10-7-11-39(28)18-22-8-5-4-6-9-22)40(29-35-37-38(3)36-29)19-24-14-23(17-31)15-25(16-24)30(32,33)34/h12-16,22,27H,4-11,17-19H2,1-3H3/t27-/m0/s1. The summed E-state index contributed by atoms with van der Waals surface area (Å²) in [4.78, 5) is 5.84. The van der Waals surface area contributed by atoms with Crippen LogP contribution < -0.4 is 9.80 Å². The minimum Gasteiger partial charge on any atom is -0.371 e. The van der Waals surface area contributed by atoms with Crippen molar-refractivity contribution in [1.29, 1.82) is 0 Å². The second kappa shape index (κ2) is 11.7. The zero-order valence-electron chi connectivity index (χ0n) is 23.5. The van der Waals surface area contributed by atoms with Crippen LogP contribution in [-0.4, -0.2) is 33.3 Å². The fourth-order valence-corrected chi connectivity index (χ4v) is 6.61. The number of alkyl halides is 4. The third-order valence-corrected chi connectivity index (χ3v) is 8.28. The van der Waals surface area contributed by atoms with Crippen LogP contribution >= 0.6 is 0 Å². The fourth-order valence-electron chi connectivity index (χ4n) is 6.61. The number of hydrogen-bond donors (Lipinski definition) is 0. The number of nitrogens with zero attached hydrogens (tertiary/aromatic N) is 6. The van der Waals surface area contributed by atoms with E-state index in [1.165, 1.54) is 54.2 Å². The number of hydrogen-bond acceptors (Lipinski definition) is 5. The first-order valence-electron chi connectivity index (χ1n) is 14.2. The van der Waals surface area contributed by atoms with Crippen LogP contribution in [0.4, 0.5) is 29.2 Å². The van der Waals surface area contributed by atoms with Gasteiger partial charge in [-0.25, -0.2) is 4.39 Å². The largest absolute Gasteiger partial charge is 0.416 e. The Balaban J connectivity index is 1.57. The van der Waals surface area contributed by atoms with Crippen LogP contribution in [0.1, 0.15) is 84.4 Å².